The number of carbonyl (C=O) groups excluding carboxylic acids is 2. The minimum absolute atomic E-state index is 0.369. The van der Waals surface area contributed by atoms with E-state index in [2.05, 4.69) is 0 Å². The maximum absolute atomic E-state index is 11.9. The fourth-order valence-corrected chi connectivity index (χ4v) is 0.856. The molecule has 0 saturated heterocycles. The molecule has 0 spiro atoms. The first kappa shape index (κ1) is 15.7. The molecule has 0 rings (SSSR count). The molecule has 0 fully saturated rings. The van der Waals surface area contributed by atoms with Crippen LogP contribution in [0.3, 0.4) is 0 Å². The Morgan fingerprint density at radius 2 is 1.53 bits per heavy atom. The number of nitrogens with zero attached hydrogens (tertiary/aromatic N) is 2. The lowest BCUT2D eigenvalue weighted by Gasteiger charge is -2.39. The molecule has 0 heterocycles. The van der Waals surface area contributed by atoms with E-state index >= 15 is 0 Å². The molecule has 100 valence electrons. The second-order valence-electron chi connectivity index (χ2n) is 4.27. The molecule has 7 heteroatoms. The predicted octanol–water partition coefficient (Wildman–Crippen LogP) is 1.87. The SMILES string of the molecule is CC(C)OC(=O)N(C)[N+](C)([O-])C(=O)OC(C)C. The predicted molar refractivity (Wildman–Crippen MR) is 60.5 cm³/mol. The first-order valence-corrected chi connectivity index (χ1v) is 5.32. The maximum atomic E-state index is 11.9. The molecule has 0 aliphatic heterocycles. The van der Waals surface area contributed by atoms with Crippen LogP contribution in [0.2, 0.25) is 0 Å². The van der Waals surface area contributed by atoms with Crippen LogP contribution < -0.4 is 0 Å². The van der Waals surface area contributed by atoms with Gasteiger partial charge >= 0.3 is 12.2 Å². The van der Waals surface area contributed by atoms with Crippen molar-refractivity contribution in [3.05, 3.63) is 5.21 Å². The molecule has 1 atom stereocenters. The molecule has 0 aromatic heterocycles. The number of carbonyl (C=O) groups is 2. The molecule has 1 unspecified atom stereocenters. The van der Waals surface area contributed by atoms with Gasteiger partial charge in [-0.25, -0.2) is 4.79 Å². The van der Waals surface area contributed by atoms with Crippen LogP contribution >= 0.6 is 0 Å². The van der Waals surface area contributed by atoms with Crippen molar-refractivity contribution in [2.75, 3.05) is 14.1 Å². The largest absolute Gasteiger partial charge is 0.596 e. The molecule has 0 aliphatic carbocycles. The van der Waals surface area contributed by atoms with E-state index in [1.165, 1.54) is 7.05 Å². The molecule has 0 N–H and O–H groups in total. The molecule has 0 aromatic carbocycles. The lowest BCUT2D eigenvalue weighted by atomic mass is 10.5. The first-order chi connectivity index (χ1) is 7.59. The van der Waals surface area contributed by atoms with Gasteiger partial charge in [0.1, 0.15) is 13.2 Å². The van der Waals surface area contributed by atoms with Crippen molar-refractivity contribution in [1.82, 2.24) is 5.01 Å². The van der Waals surface area contributed by atoms with Gasteiger partial charge in [-0.15, -0.1) is 5.01 Å². The van der Waals surface area contributed by atoms with Gasteiger partial charge in [0, 0.05) is 0 Å². The van der Waals surface area contributed by atoms with Crippen LogP contribution in [-0.2, 0) is 9.47 Å². The molecule has 0 radical (unpaired) electrons. The average molecular weight is 248 g/mol. The van der Waals surface area contributed by atoms with Crippen molar-refractivity contribution in [2.45, 2.75) is 39.9 Å². The Balaban J connectivity index is 4.68. The van der Waals surface area contributed by atoms with E-state index in [-0.39, 0.29) is 6.10 Å². The molecular formula is C10H20N2O5. The van der Waals surface area contributed by atoms with E-state index in [4.69, 9.17) is 9.47 Å². The van der Waals surface area contributed by atoms with E-state index in [9.17, 15) is 14.8 Å². The van der Waals surface area contributed by atoms with E-state index in [1.54, 1.807) is 27.7 Å². The van der Waals surface area contributed by atoms with Crippen molar-refractivity contribution in [1.29, 1.82) is 0 Å². The summed E-state index contributed by atoms with van der Waals surface area (Å²) < 4.78 is 7.99. The smallest absolute Gasteiger partial charge is 0.542 e. The molecule has 7 nitrogen and oxygen atoms in total. The summed E-state index contributed by atoms with van der Waals surface area (Å²) in [7, 11) is 2.19. The van der Waals surface area contributed by atoms with Crippen LogP contribution in [0.4, 0.5) is 9.59 Å². The monoisotopic (exact) mass is 248 g/mol. The fraction of sp³-hybridized carbons (Fsp3) is 0.800. The summed E-state index contributed by atoms with van der Waals surface area (Å²) in [5.74, 6) is 0. The molecule has 0 aliphatic rings. The minimum atomic E-state index is -1.59. The number of ether oxygens (including phenoxy) is 2. The summed E-state index contributed by atoms with van der Waals surface area (Å²) in [4.78, 5) is 23.0. The van der Waals surface area contributed by atoms with Crippen molar-refractivity contribution in [3.8, 4) is 0 Å². The molecule has 0 bridgehead atoms. The standard InChI is InChI=1S/C10H20N2O5/c1-7(2)16-9(13)11(5)12(6,15)10(14)17-8(3)4/h7-8H,1-6H3. The molecule has 0 aromatic rings. The lowest BCUT2D eigenvalue weighted by Crippen LogP contribution is -2.58. The summed E-state index contributed by atoms with van der Waals surface area (Å²) in [6.07, 6.45) is -2.74. The number of quaternary nitrogens is 1. The van der Waals surface area contributed by atoms with Crippen molar-refractivity contribution in [2.24, 2.45) is 0 Å². The van der Waals surface area contributed by atoms with Crippen molar-refractivity contribution in [3.63, 3.8) is 0 Å². The van der Waals surface area contributed by atoms with Crippen LogP contribution in [-0.4, -0.2) is 48.3 Å². The van der Waals surface area contributed by atoms with Gasteiger partial charge in [0.25, 0.3) is 0 Å². The van der Waals surface area contributed by atoms with Gasteiger partial charge in [0.05, 0.1) is 13.2 Å². The zero-order chi connectivity index (χ0) is 13.8. The van der Waals surface area contributed by atoms with Gasteiger partial charge in [-0.05, 0) is 27.7 Å². The Hall–Kier alpha value is -1.34. The van der Waals surface area contributed by atoms with Gasteiger partial charge in [-0.1, -0.05) is 0 Å². The van der Waals surface area contributed by atoms with E-state index in [1.807, 2.05) is 0 Å². The van der Waals surface area contributed by atoms with Crippen molar-refractivity contribution < 1.29 is 23.8 Å². The van der Waals surface area contributed by atoms with Crippen LogP contribution in [0.1, 0.15) is 27.7 Å². The normalized spacial score (nSPS) is 14.4. The van der Waals surface area contributed by atoms with Crippen LogP contribution in [0.5, 0.6) is 0 Å². The quantitative estimate of drug-likeness (QED) is 0.550. The summed E-state index contributed by atoms with van der Waals surface area (Å²) in [5, 5.41) is 12.6. The second-order valence-corrected chi connectivity index (χ2v) is 4.27. The summed E-state index contributed by atoms with van der Waals surface area (Å²) >= 11 is 0. The summed E-state index contributed by atoms with van der Waals surface area (Å²) in [5.41, 5.74) is 0. The fourth-order valence-electron chi connectivity index (χ4n) is 0.856. The van der Waals surface area contributed by atoms with E-state index in [0.29, 0.717) is 5.01 Å². The molecule has 0 saturated carbocycles. The molecular weight excluding hydrogens is 228 g/mol. The third kappa shape index (κ3) is 4.58. The van der Waals surface area contributed by atoms with E-state index in [0.717, 1.165) is 7.05 Å². The zero-order valence-corrected chi connectivity index (χ0v) is 11.1. The average Bonchev–Trinajstić information content (AvgIpc) is 2.14. The highest BCUT2D eigenvalue weighted by Gasteiger charge is 2.35. The van der Waals surface area contributed by atoms with Crippen LogP contribution in [0, 0.1) is 5.21 Å². The topological polar surface area (TPSA) is 78.9 Å². The van der Waals surface area contributed by atoms with Crippen LogP contribution in [0.15, 0.2) is 0 Å². The number of hydrogen-bond acceptors (Lipinski definition) is 5. The van der Waals surface area contributed by atoms with Crippen molar-refractivity contribution >= 4 is 12.2 Å². The second kappa shape index (κ2) is 5.83. The third-order valence-corrected chi connectivity index (χ3v) is 1.85. The van der Waals surface area contributed by atoms with Crippen LogP contribution in [0.25, 0.3) is 0 Å². The lowest BCUT2D eigenvalue weighted by molar-refractivity contribution is -0.894. The Kier molecular flexibility index (Phi) is 5.37. The Morgan fingerprint density at radius 1 is 1.12 bits per heavy atom. The number of rotatable bonds is 2. The Labute approximate surface area is 101 Å². The Morgan fingerprint density at radius 3 is 1.88 bits per heavy atom. The van der Waals surface area contributed by atoms with Gasteiger partial charge in [-0.2, -0.15) is 9.55 Å². The maximum Gasteiger partial charge on any atom is 0.542 e. The Bertz CT molecular complexity index is 288. The first-order valence-electron chi connectivity index (χ1n) is 5.32. The number of amides is 2. The third-order valence-electron chi connectivity index (χ3n) is 1.85. The van der Waals surface area contributed by atoms with Gasteiger partial charge in [0.2, 0.25) is 0 Å². The highest BCUT2D eigenvalue weighted by Crippen LogP contribution is 2.12. The number of hydrogen-bond donors (Lipinski definition) is 0. The highest BCUT2D eigenvalue weighted by atomic mass is 16.7. The van der Waals surface area contributed by atoms with Gasteiger partial charge < -0.3 is 14.7 Å². The molecule has 2 amide bonds. The van der Waals surface area contributed by atoms with Gasteiger partial charge in [-0.3, -0.25) is 0 Å². The minimum Gasteiger partial charge on any atom is -0.596 e. The number of hydroxylamine groups is 2. The summed E-state index contributed by atoms with van der Waals surface area (Å²) in [6.45, 7) is 6.52. The zero-order valence-electron chi connectivity index (χ0n) is 11.1. The highest BCUT2D eigenvalue weighted by molar-refractivity contribution is 5.69. The van der Waals surface area contributed by atoms with Gasteiger partial charge in [0.15, 0.2) is 0 Å². The molecule has 17 heavy (non-hydrogen) atoms. The summed E-state index contributed by atoms with van der Waals surface area (Å²) in [6, 6.07) is 0. The van der Waals surface area contributed by atoms with E-state index < -0.39 is 23.0 Å².